The Morgan fingerprint density at radius 3 is 1.60 bits per heavy atom. The lowest BCUT2D eigenvalue weighted by atomic mass is 9.94. The topological polar surface area (TPSA) is 131 Å². The minimum atomic E-state index is -0.942. The van der Waals surface area contributed by atoms with Crippen molar-refractivity contribution >= 4 is 29.5 Å². The van der Waals surface area contributed by atoms with Gasteiger partial charge in [0.15, 0.2) is 0 Å². The number of rotatable bonds is 20. The van der Waals surface area contributed by atoms with Crippen molar-refractivity contribution in [3.8, 4) is 0 Å². The average molecular weight is 701 g/mol. The van der Waals surface area contributed by atoms with Crippen molar-refractivity contribution in [1.82, 2.24) is 30.7 Å². The summed E-state index contributed by atoms with van der Waals surface area (Å²) in [5, 5.41) is 9.04. The Bertz CT molecular complexity index is 1230. The van der Waals surface area contributed by atoms with Crippen LogP contribution in [-0.4, -0.2) is 109 Å². The lowest BCUT2D eigenvalue weighted by Crippen LogP contribution is -2.62. The summed E-state index contributed by atoms with van der Waals surface area (Å²) in [6.07, 6.45) is 1.71. The number of hydrogen-bond acceptors (Lipinski definition) is 6. The number of likely N-dealkylation sites (N-methyl/N-ethyl adjacent to an activating group) is 4. The van der Waals surface area contributed by atoms with Crippen LogP contribution in [-0.2, 0) is 30.4 Å². The molecule has 0 spiro atoms. The van der Waals surface area contributed by atoms with E-state index in [1.807, 2.05) is 99.6 Å². The molecule has 0 radical (unpaired) electrons. The Kier molecular flexibility index (Phi) is 18.7. The SMILES string of the molecule is CN[C@@H](CC(C)C)C(=O)N(C)[C@@H](CC(C)C)C(=O)N[C@H](C(=O)N(C)[C@H](C(=O)N(C)[C@H](C(=O)NCCc1ccccc1)C(C)C)C(C)C)C(C)C. The number of benzene rings is 1. The second-order valence-electron chi connectivity index (χ2n) is 15.6. The summed E-state index contributed by atoms with van der Waals surface area (Å²) in [6, 6.07) is 6.07. The molecule has 1 aromatic rings. The fraction of sp³-hybridized carbons (Fsp3) is 0.718. The number of nitrogens with one attached hydrogen (secondary N) is 3. The summed E-state index contributed by atoms with van der Waals surface area (Å²) < 4.78 is 0. The summed E-state index contributed by atoms with van der Waals surface area (Å²) in [4.78, 5) is 73.6. The van der Waals surface area contributed by atoms with Crippen LogP contribution in [0.4, 0.5) is 0 Å². The third kappa shape index (κ3) is 13.0. The molecule has 0 saturated carbocycles. The predicted octanol–water partition coefficient (Wildman–Crippen LogP) is 3.96. The van der Waals surface area contributed by atoms with E-state index in [9.17, 15) is 24.0 Å². The highest BCUT2D eigenvalue weighted by Crippen LogP contribution is 2.21. The van der Waals surface area contributed by atoms with Crippen LogP contribution in [0, 0.1) is 29.6 Å². The van der Waals surface area contributed by atoms with Gasteiger partial charge >= 0.3 is 0 Å². The predicted molar refractivity (Wildman–Crippen MR) is 201 cm³/mol. The second kappa shape index (κ2) is 21.0. The number of carbonyl (C=O) groups is 5. The van der Waals surface area contributed by atoms with Gasteiger partial charge in [-0.1, -0.05) is 99.6 Å². The lowest BCUT2D eigenvalue weighted by Gasteiger charge is -2.39. The third-order valence-electron chi connectivity index (χ3n) is 9.27. The van der Waals surface area contributed by atoms with Gasteiger partial charge in [-0.05, 0) is 61.5 Å². The van der Waals surface area contributed by atoms with E-state index < -0.39 is 42.0 Å². The van der Waals surface area contributed by atoms with E-state index in [2.05, 4.69) is 16.0 Å². The molecule has 0 bridgehead atoms. The van der Waals surface area contributed by atoms with Crippen LogP contribution in [0.15, 0.2) is 30.3 Å². The molecule has 0 aromatic heterocycles. The summed E-state index contributed by atoms with van der Waals surface area (Å²) in [6.45, 7) is 19.7. The van der Waals surface area contributed by atoms with Gasteiger partial charge in [0.05, 0.1) is 6.04 Å². The van der Waals surface area contributed by atoms with Crippen molar-refractivity contribution < 1.29 is 24.0 Å². The molecule has 1 rings (SSSR count). The van der Waals surface area contributed by atoms with Gasteiger partial charge < -0.3 is 30.7 Å². The van der Waals surface area contributed by atoms with Crippen LogP contribution in [0.25, 0.3) is 0 Å². The van der Waals surface area contributed by atoms with Crippen molar-refractivity contribution in [2.24, 2.45) is 29.6 Å². The van der Waals surface area contributed by atoms with Crippen LogP contribution in [0.5, 0.6) is 0 Å². The quantitative estimate of drug-likeness (QED) is 0.189. The maximum Gasteiger partial charge on any atom is 0.246 e. The summed E-state index contributed by atoms with van der Waals surface area (Å²) in [7, 11) is 6.57. The highest BCUT2D eigenvalue weighted by Gasteiger charge is 2.41. The zero-order valence-corrected chi connectivity index (χ0v) is 33.4. The number of carbonyl (C=O) groups excluding carboxylic acids is 5. The first-order chi connectivity index (χ1) is 23.3. The van der Waals surface area contributed by atoms with Gasteiger partial charge in [-0.15, -0.1) is 0 Å². The van der Waals surface area contributed by atoms with Gasteiger partial charge in [0.1, 0.15) is 24.2 Å². The third-order valence-corrected chi connectivity index (χ3v) is 9.27. The Hall–Kier alpha value is -3.47. The molecule has 3 N–H and O–H groups in total. The normalized spacial score (nSPS) is 14.7. The molecule has 0 aliphatic rings. The molecular formula is C39H68N6O5. The van der Waals surface area contributed by atoms with Crippen LogP contribution in [0.1, 0.15) is 87.6 Å². The zero-order valence-electron chi connectivity index (χ0n) is 33.4. The van der Waals surface area contributed by atoms with Gasteiger partial charge in [0.25, 0.3) is 0 Å². The average Bonchev–Trinajstić information content (AvgIpc) is 3.03. The fourth-order valence-corrected chi connectivity index (χ4v) is 6.47. The van der Waals surface area contributed by atoms with Crippen molar-refractivity contribution in [2.75, 3.05) is 34.7 Å². The molecular weight excluding hydrogens is 632 g/mol. The molecule has 284 valence electrons. The van der Waals surface area contributed by atoms with E-state index >= 15 is 0 Å². The first-order valence-corrected chi connectivity index (χ1v) is 18.4. The Morgan fingerprint density at radius 2 is 1.14 bits per heavy atom. The van der Waals surface area contributed by atoms with Crippen molar-refractivity contribution in [3.63, 3.8) is 0 Å². The number of amides is 5. The largest absolute Gasteiger partial charge is 0.354 e. The van der Waals surface area contributed by atoms with E-state index in [-0.39, 0.29) is 47.3 Å². The maximum absolute atomic E-state index is 14.2. The standard InChI is InChI=1S/C39H68N6O5/c1-24(2)22-30(40-11)37(48)43(12)31(23-25(3)4)35(46)42-32(26(5)6)38(49)45(14)34(28(9)10)39(50)44(13)33(27(7)8)36(47)41-21-20-29-18-16-15-17-19-29/h15-19,24-28,30-34,40H,20-23H2,1-14H3,(H,41,47)(H,42,46)/t30-,31-,32-,33-,34-/m0/s1. The van der Waals surface area contributed by atoms with Gasteiger partial charge in [-0.2, -0.15) is 0 Å². The minimum absolute atomic E-state index is 0.109. The van der Waals surface area contributed by atoms with Gasteiger partial charge in [-0.25, -0.2) is 0 Å². The summed E-state index contributed by atoms with van der Waals surface area (Å²) >= 11 is 0. The van der Waals surface area contributed by atoms with E-state index in [4.69, 9.17) is 0 Å². The number of nitrogens with zero attached hydrogens (tertiary/aromatic N) is 3. The van der Waals surface area contributed by atoms with Gasteiger partial charge in [0, 0.05) is 27.7 Å². The van der Waals surface area contributed by atoms with Crippen molar-refractivity contribution in [1.29, 1.82) is 0 Å². The molecule has 5 amide bonds. The smallest absolute Gasteiger partial charge is 0.246 e. The Morgan fingerprint density at radius 1 is 0.620 bits per heavy atom. The second-order valence-corrected chi connectivity index (χ2v) is 15.6. The molecule has 0 aliphatic carbocycles. The number of hydrogen-bond donors (Lipinski definition) is 3. The Labute approximate surface area is 302 Å². The van der Waals surface area contributed by atoms with E-state index in [1.165, 1.54) is 14.7 Å². The molecule has 0 fully saturated rings. The molecule has 1 aromatic carbocycles. The molecule has 50 heavy (non-hydrogen) atoms. The van der Waals surface area contributed by atoms with Gasteiger partial charge in [-0.3, -0.25) is 24.0 Å². The van der Waals surface area contributed by atoms with Crippen LogP contribution in [0.3, 0.4) is 0 Å². The van der Waals surface area contributed by atoms with E-state index in [0.717, 1.165) is 5.56 Å². The molecule has 0 aliphatic heterocycles. The molecule has 0 heterocycles. The highest BCUT2D eigenvalue weighted by molar-refractivity contribution is 5.96. The van der Waals surface area contributed by atoms with Crippen molar-refractivity contribution in [2.45, 2.75) is 119 Å². The maximum atomic E-state index is 14.2. The monoisotopic (exact) mass is 701 g/mol. The minimum Gasteiger partial charge on any atom is -0.354 e. The lowest BCUT2D eigenvalue weighted by molar-refractivity contribution is -0.152. The first-order valence-electron chi connectivity index (χ1n) is 18.4. The Balaban J connectivity index is 3.25. The van der Waals surface area contributed by atoms with E-state index in [1.54, 1.807) is 28.2 Å². The van der Waals surface area contributed by atoms with Crippen LogP contribution in [0.2, 0.25) is 0 Å². The molecule has 0 saturated heterocycles. The molecule has 11 heteroatoms. The summed E-state index contributed by atoms with van der Waals surface area (Å²) in [5.41, 5.74) is 1.10. The van der Waals surface area contributed by atoms with Crippen molar-refractivity contribution in [3.05, 3.63) is 35.9 Å². The fourth-order valence-electron chi connectivity index (χ4n) is 6.47. The molecule has 0 unspecified atom stereocenters. The van der Waals surface area contributed by atoms with Crippen LogP contribution >= 0.6 is 0 Å². The first kappa shape index (κ1) is 44.6. The van der Waals surface area contributed by atoms with E-state index in [0.29, 0.717) is 25.8 Å². The molecule has 5 atom stereocenters. The van der Waals surface area contributed by atoms with Crippen LogP contribution < -0.4 is 16.0 Å². The molecule has 11 nitrogen and oxygen atoms in total. The van der Waals surface area contributed by atoms with Gasteiger partial charge in [0.2, 0.25) is 29.5 Å². The summed E-state index contributed by atoms with van der Waals surface area (Å²) in [5.74, 6) is -1.99. The highest BCUT2D eigenvalue weighted by atomic mass is 16.2. The zero-order chi connectivity index (χ0) is 38.5.